The maximum Gasteiger partial charge on any atom is 0.248 e. The Labute approximate surface area is 181 Å². The highest BCUT2D eigenvalue weighted by Gasteiger charge is 2.29. The van der Waals surface area contributed by atoms with Gasteiger partial charge in [-0.15, -0.1) is 0 Å². The summed E-state index contributed by atoms with van der Waals surface area (Å²) in [6.45, 7) is 6.21. The molecule has 0 saturated heterocycles. The molecule has 31 heavy (non-hydrogen) atoms. The van der Waals surface area contributed by atoms with Crippen LogP contribution in [0, 0.1) is 17.6 Å². The third-order valence-electron chi connectivity index (χ3n) is 5.43. The molecular weight excluding hydrogens is 398 g/mol. The molecule has 0 bridgehead atoms. The minimum absolute atomic E-state index is 0.0325. The Kier molecular flexibility index (Phi) is 7.23. The van der Waals surface area contributed by atoms with E-state index in [0.29, 0.717) is 18.7 Å². The molecule has 0 aliphatic carbocycles. The van der Waals surface area contributed by atoms with Crippen molar-refractivity contribution >= 4 is 5.91 Å². The van der Waals surface area contributed by atoms with Gasteiger partial charge in [0.05, 0.1) is 6.04 Å². The summed E-state index contributed by atoms with van der Waals surface area (Å²) in [5.74, 6) is -1.36. The van der Waals surface area contributed by atoms with E-state index in [-0.39, 0.29) is 23.4 Å². The average molecular weight is 427 g/mol. The molecule has 3 aromatic rings. The quantitative estimate of drug-likeness (QED) is 0.550. The van der Waals surface area contributed by atoms with E-state index < -0.39 is 18.2 Å². The number of aromatic nitrogens is 1. The predicted octanol–water partition coefficient (Wildman–Crippen LogP) is 5.02. The highest BCUT2D eigenvalue weighted by Crippen LogP contribution is 2.34. The summed E-state index contributed by atoms with van der Waals surface area (Å²) < 4.78 is 30.4. The van der Waals surface area contributed by atoms with E-state index in [9.17, 15) is 18.7 Å². The fourth-order valence-corrected chi connectivity index (χ4v) is 4.04. The highest BCUT2D eigenvalue weighted by atomic mass is 19.1. The average Bonchev–Trinajstić information content (AvgIpc) is 3.16. The van der Waals surface area contributed by atoms with Crippen molar-refractivity contribution in [1.82, 2.24) is 9.47 Å². The largest absolute Gasteiger partial charge is 0.387 e. The Morgan fingerprint density at radius 2 is 1.81 bits per heavy atom. The number of hydrogen-bond acceptors (Lipinski definition) is 2. The van der Waals surface area contributed by atoms with E-state index in [4.69, 9.17) is 0 Å². The van der Waals surface area contributed by atoms with Crippen molar-refractivity contribution in [1.29, 1.82) is 0 Å². The van der Waals surface area contributed by atoms with Crippen LogP contribution >= 0.6 is 0 Å². The first-order chi connectivity index (χ1) is 14.8. The lowest BCUT2D eigenvalue weighted by Gasteiger charge is -2.34. The molecule has 0 aliphatic rings. The molecule has 6 heteroatoms. The van der Waals surface area contributed by atoms with Crippen LogP contribution in [0.25, 0.3) is 11.1 Å². The monoisotopic (exact) mass is 426 g/mol. The lowest BCUT2D eigenvalue weighted by Crippen LogP contribution is -2.39. The zero-order chi connectivity index (χ0) is 22.5. The molecule has 0 fully saturated rings. The van der Waals surface area contributed by atoms with Crippen LogP contribution in [0.1, 0.15) is 38.1 Å². The van der Waals surface area contributed by atoms with Gasteiger partial charge in [-0.05, 0) is 42.7 Å². The normalized spacial score (nSPS) is 12.2. The maximum absolute atomic E-state index is 14.5. The van der Waals surface area contributed by atoms with Gasteiger partial charge in [-0.1, -0.05) is 44.2 Å². The summed E-state index contributed by atoms with van der Waals surface area (Å²) >= 11 is 0. The number of carbonyl (C=O) groups is 1. The molecule has 1 aromatic heterocycles. The van der Waals surface area contributed by atoms with Crippen molar-refractivity contribution in [3.8, 4) is 11.1 Å². The van der Waals surface area contributed by atoms with Crippen LogP contribution in [0.15, 0.2) is 60.8 Å². The summed E-state index contributed by atoms with van der Waals surface area (Å²) in [5, 5.41) is 9.48. The second kappa shape index (κ2) is 9.88. The van der Waals surface area contributed by atoms with Gasteiger partial charge >= 0.3 is 0 Å². The van der Waals surface area contributed by atoms with Crippen LogP contribution < -0.4 is 0 Å². The first-order valence-corrected chi connectivity index (χ1v) is 10.5. The molecule has 2 aromatic carbocycles. The maximum atomic E-state index is 14.5. The molecule has 1 amide bonds. The molecule has 0 spiro atoms. The van der Waals surface area contributed by atoms with Crippen molar-refractivity contribution in [3.63, 3.8) is 0 Å². The molecule has 1 atom stereocenters. The van der Waals surface area contributed by atoms with Gasteiger partial charge in [0, 0.05) is 36.1 Å². The fraction of sp³-hybridized carbons (Fsp3) is 0.320. The van der Waals surface area contributed by atoms with Gasteiger partial charge in [0.2, 0.25) is 5.91 Å². The highest BCUT2D eigenvalue weighted by molar-refractivity contribution is 5.78. The number of halogens is 2. The number of aliphatic hydroxyl groups is 1. The number of benzene rings is 2. The molecule has 3 rings (SSSR count). The van der Waals surface area contributed by atoms with Gasteiger partial charge in [0.1, 0.15) is 18.2 Å². The number of likely N-dealkylation sites (N-methyl/N-ethyl adjacent to an activating group) is 1. The van der Waals surface area contributed by atoms with E-state index >= 15 is 0 Å². The van der Waals surface area contributed by atoms with E-state index in [1.807, 2.05) is 61.7 Å². The summed E-state index contributed by atoms with van der Waals surface area (Å²) in [7, 11) is 0. The van der Waals surface area contributed by atoms with E-state index in [2.05, 4.69) is 0 Å². The molecule has 0 radical (unpaired) electrons. The van der Waals surface area contributed by atoms with E-state index in [1.165, 1.54) is 6.07 Å². The van der Waals surface area contributed by atoms with Crippen LogP contribution in [-0.4, -0.2) is 33.6 Å². The standard InChI is InChI=1S/C25H28F2N2O2/c1-4-29(24(31)16-30)25(17(2)3)23-12-19(21-13-20(26)10-11-22(21)27)15-28(23)14-18-8-6-5-7-9-18/h5-13,15,17,25,30H,4,14,16H2,1-3H3/t25-/m1/s1. The Hall–Kier alpha value is -2.99. The number of amides is 1. The fourth-order valence-electron chi connectivity index (χ4n) is 4.04. The second-order valence-corrected chi connectivity index (χ2v) is 7.92. The zero-order valence-electron chi connectivity index (χ0n) is 18.1. The number of carbonyl (C=O) groups excluding carboxylic acids is 1. The molecular formula is C25H28F2N2O2. The summed E-state index contributed by atoms with van der Waals surface area (Å²) in [5.41, 5.74) is 2.57. The third-order valence-corrected chi connectivity index (χ3v) is 5.43. The molecule has 4 nitrogen and oxygen atoms in total. The third kappa shape index (κ3) is 5.02. The lowest BCUT2D eigenvalue weighted by molar-refractivity contribution is -0.137. The summed E-state index contributed by atoms with van der Waals surface area (Å²) in [4.78, 5) is 14.1. The zero-order valence-corrected chi connectivity index (χ0v) is 18.1. The molecule has 164 valence electrons. The number of nitrogens with zero attached hydrogens (tertiary/aromatic N) is 2. The van der Waals surface area contributed by atoms with E-state index in [0.717, 1.165) is 23.4 Å². The topological polar surface area (TPSA) is 45.5 Å². The van der Waals surface area contributed by atoms with Crippen molar-refractivity contribution in [3.05, 3.63) is 83.7 Å². The lowest BCUT2D eigenvalue weighted by atomic mass is 9.97. The van der Waals surface area contributed by atoms with Crippen LogP contribution in [0.5, 0.6) is 0 Å². The summed E-state index contributed by atoms with van der Waals surface area (Å²) in [6.07, 6.45) is 1.80. The molecule has 1 heterocycles. The number of hydrogen-bond donors (Lipinski definition) is 1. The van der Waals surface area contributed by atoms with Gasteiger partial charge in [0.15, 0.2) is 0 Å². The molecule has 0 saturated carbocycles. The van der Waals surface area contributed by atoms with Crippen molar-refractivity contribution in [2.75, 3.05) is 13.2 Å². The van der Waals surface area contributed by atoms with Crippen LogP contribution in [-0.2, 0) is 11.3 Å². The van der Waals surface area contributed by atoms with Crippen molar-refractivity contribution in [2.24, 2.45) is 5.92 Å². The Bertz CT molecular complexity index is 1030. The van der Waals surface area contributed by atoms with Gasteiger partial charge in [-0.3, -0.25) is 4.79 Å². The molecule has 0 unspecified atom stereocenters. The summed E-state index contributed by atoms with van der Waals surface area (Å²) in [6, 6.07) is 14.7. The predicted molar refractivity (Wildman–Crippen MR) is 117 cm³/mol. The van der Waals surface area contributed by atoms with Crippen LogP contribution in [0.4, 0.5) is 8.78 Å². The molecule has 0 aliphatic heterocycles. The van der Waals surface area contributed by atoms with Gasteiger partial charge in [0.25, 0.3) is 0 Å². The van der Waals surface area contributed by atoms with Gasteiger partial charge in [-0.2, -0.15) is 0 Å². The Morgan fingerprint density at radius 3 is 2.42 bits per heavy atom. The first-order valence-electron chi connectivity index (χ1n) is 10.5. The number of aliphatic hydroxyl groups excluding tert-OH is 1. The van der Waals surface area contributed by atoms with E-state index in [1.54, 1.807) is 11.1 Å². The smallest absolute Gasteiger partial charge is 0.248 e. The SMILES string of the molecule is CCN(C(=O)CO)[C@@H](c1cc(-c2cc(F)ccc2F)cn1Cc1ccccc1)C(C)C. The minimum Gasteiger partial charge on any atom is -0.387 e. The van der Waals surface area contributed by atoms with Gasteiger partial charge in [-0.25, -0.2) is 8.78 Å². The van der Waals surface area contributed by atoms with Crippen LogP contribution in [0.3, 0.4) is 0 Å². The van der Waals surface area contributed by atoms with Crippen LogP contribution in [0.2, 0.25) is 0 Å². The Morgan fingerprint density at radius 1 is 1.10 bits per heavy atom. The molecule has 1 N–H and O–H groups in total. The minimum atomic E-state index is -0.582. The first kappa shape index (κ1) is 22.7. The Balaban J connectivity index is 2.16. The number of rotatable bonds is 8. The van der Waals surface area contributed by atoms with Crippen molar-refractivity contribution in [2.45, 2.75) is 33.4 Å². The van der Waals surface area contributed by atoms with Gasteiger partial charge < -0.3 is 14.6 Å². The second-order valence-electron chi connectivity index (χ2n) is 7.92. The van der Waals surface area contributed by atoms with Crippen molar-refractivity contribution < 1.29 is 18.7 Å².